The second-order valence-electron chi connectivity index (χ2n) is 1.72. The molecule has 10 heavy (non-hydrogen) atoms. The van der Waals surface area contributed by atoms with Gasteiger partial charge < -0.3 is 4.90 Å². The molecule has 0 aromatic carbocycles. The highest BCUT2D eigenvalue weighted by molar-refractivity contribution is 14.1. The number of halogens is 2. The van der Waals surface area contributed by atoms with E-state index in [1.807, 2.05) is 4.93 Å². The van der Waals surface area contributed by atoms with Gasteiger partial charge in [-0.3, -0.25) is 0 Å². The summed E-state index contributed by atoms with van der Waals surface area (Å²) >= 11 is 7.66. The summed E-state index contributed by atoms with van der Waals surface area (Å²) in [7, 11) is 0. The molecule has 0 aromatic rings. The molecule has 0 bridgehead atoms. The van der Waals surface area contributed by atoms with Gasteiger partial charge in [-0.25, -0.2) is 0 Å². The lowest BCUT2D eigenvalue weighted by Crippen LogP contribution is -2.24. The smallest absolute Gasteiger partial charge is 0.0351 e. The van der Waals surface area contributed by atoms with Crippen molar-refractivity contribution in [2.75, 3.05) is 30.4 Å². The molecule has 0 aromatic heterocycles. The Kier molecular flexibility index (Phi) is 17.1. The van der Waals surface area contributed by atoms with Gasteiger partial charge in [0.25, 0.3) is 0 Å². The Morgan fingerprint density at radius 2 is 1.60 bits per heavy atom. The minimum atomic E-state index is 0.752. The molecule has 0 N–H and O–H groups in total. The van der Waals surface area contributed by atoms with Crippen LogP contribution in [0.5, 0.6) is 0 Å². The van der Waals surface area contributed by atoms with Crippen molar-refractivity contribution in [1.29, 1.82) is 0 Å². The summed E-state index contributed by atoms with van der Waals surface area (Å²) in [5.74, 6) is 0.752. The fourth-order valence-electron chi connectivity index (χ4n) is 0.659. The first kappa shape index (κ1) is 13.6. The summed E-state index contributed by atoms with van der Waals surface area (Å²) in [4.78, 5) is 4.27. The summed E-state index contributed by atoms with van der Waals surface area (Å²) in [6.45, 7) is 7.55. The Morgan fingerprint density at radius 3 is 1.70 bits per heavy atom. The number of nitrogens with zero attached hydrogens (tertiary/aromatic N) is 1. The molecule has 64 valence electrons. The second kappa shape index (κ2) is 12.6. The van der Waals surface area contributed by atoms with Gasteiger partial charge in [0.15, 0.2) is 0 Å². The van der Waals surface area contributed by atoms with E-state index in [9.17, 15) is 0 Å². The molecular weight excluding hydrogens is 260 g/mol. The van der Waals surface area contributed by atoms with Crippen LogP contribution in [0.15, 0.2) is 0 Å². The van der Waals surface area contributed by atoms with Gasteiger partial charge in [-0.05, 0) is 18.0 Å². The summed E-state index contributed by atoms with van der Waals surface area (Å²) in [5.41, 5.74) is 0. The Morgan fingerprint density at radius 1 is 1.20 bits per heavy atom. The predicted molar refractivity (Wildman–Crippen MR) is 58.5 cm³/mol. The quantitative estimate of drug-likeness (QED) is 0.564. The van der Waals surface area contributed by atoms with Gasteiger partial charge in [0.05, 0.1) is 0 Å². The van der Waals surface area contributed by atoms with Crippen LogP contribution in [0.3, 0.4) is 0 Å². The average Bonchev–Trinajstić information content (AvgIpc) is 2.04. The predicted octanol–water partition coefficient (Wildman–Crippen LogP) is 2.62. The van der Waals surface area contributed by atoms with Crippen LogP contribution in [0.25, 0.3) is 0 Å². The molecule has 0 heterocycles. The average molecular weight is 278 g/mol. The first-order valence-electron chi connectivity index (χ1n) is 3.51. The maximum absolute atomic E-state index is 5.51. The van der Waals surface area contributed by atoms with Crippen molar-refractivity contribution >= 4 is 34.2 Å². The first-order chi connectivity index (χ1) is 4.85. The minimum absolute atomic E-state index is 0.752. The maximum atomic E-state index is 5.51. The zero-order valence-electron chi connectivity index (χ0n) is 7.03. The van der Waals surface area contributed by atoms with E-state index in [1.165, 1.54) is 0 Å². The lowest BCUT2D eigenvalue weighted by atomic mass is 10.5. The van der Waals surface area contributed by atoms with Gasteiger partial charge in [0.2, 0.25) is 0 Å². The topological polar surface area (TPSA) is 3.24 Å². The van der Waals surface area contributed by atoms with Crippen molar-refractivity contribution in [3.8, 4) is 0 Å². The minimum Gasteiger partial charge on any atom is -0.303 e. The van der Waals surface area contributed by atoms with Crippen LogP contribution in [0, 0.1) is 0 Å². The molecule has 0 saturated carbocycles. The molecule has 0 aliphatic rings. The Labute approximate surface area is 83.3 Å². The van der Waals surface area contributed by atoms with Crippen molar-refractivity contribution in [2.45, 2.75) is 13.8 Å². The molecule has 0 atom stereocenters. The fourth-order valence-corrected chi connectivity index (χ4v) is 0.898. The van der Waals surface area contributed by atoms with Crippen molar-refractivity contribution in [3.63, 3.8) is 0 Å². The van der Waals surface area contributed by atoms with Crippen LogP contribution in [-0.4, -0.2) is 35.3 Å². The Balaban J connectivity index is 0. The molecule has 0 saturated heterocycles. The number of hydrogen-bond donors (Lipinski definition) is 0. The van der Waals surface area contributed by atoms with E-state index in [4.69, 9.17) is 11.6 Å². The van der Waals surface area contributed by atoms with E-state index in [1.54, 1.807) is 0 Å². The SMILES string of the molecule is CCN(CC)CCCl.CI. The van der Waals surface area contributed by atoms with Crippen LogP contribution in [0.2, 0.25) is 0 Å². The van der Waals surface area contributed by atoms with Crippen molar-refractivity contribution < 1.29 is 0 Å². The van der Waals surface area contributed by atoms with E-state index >= 15 is 0 Å². The van der Waals surface area contributed by atoms with Crippen LogP contribution in [-0.2, 0) is 0 Å². The van der Waals surface area contributed by atoms with Crippen LogP contribution < -0.4 is 0 Å². The lowest BCUT2D eigenvalue weighted by molar-refractivity contribution is 0.323. The van der Waals surface area contributed by atoms with Gasteiger partial charge in [-0.1, -0.05) is 36.4 Å². The van der Waals surface area contributed by atoms with Gasteiger partial charge in [0.1, 0.15) is 0 Å². The number of rotatable bonds is 4. The maximum Gasteiger partial charge on any atom is 0.0351 e. The van der Waals surface area contributed by atoms with Crippen molar-refractivity contribution in [2.24, 2.45) is 0 Å². The van der Waals surface area contributed by atoms with E-state index < -0.39 is 0 Å². The zero-order valence-corrected chi connectivity index (χ0v) is 9.94. The van der Waals surface area contributed by atoms with E-state index in [-0.39, 0.29) is 0 Å². The summed E-state index contributed by atoms with van der Waals surface area (Å²) in [5, 5.41) is 0. The van der Waals surface area contributed by atoms with Crippen LogP contribution in [0.4, 0.5) is 0 Å². The van der Waals surface area contributed by atoms with E-state index in [0.717, 1.165) is 25.5 Å². The van der Waals surface area contributed by atoms with Crippen LogP contribution in [0.1, 0.15) is 13.8 Å². The molecule has 0 amide bonds. The van der Waals surface area contributed by atoms with Gasteiger partial charge in [-0.2, -0.15) is 0 Å². The highest BCUT2D eigenvalue weighted by Crippen LogP contribution is 1.86. The largest absolute Gasteiger partial charge is 0.303 e. The molecule has 0 fully saturated rings. The van der Waals surface area contributed by atoms with Gasteiger partial charge in [-0.15, -0.1) is 11.6 Å². The summed E-state index contributed by atoms with van der Waals surface area (Å²) in [6, 6.07) is 0. The fraction of sp³-hybridized carbons (Fsp3) is 1.00. The first-order valence-corrected chi connectivity index (χ1v) is 6.20. The third-order valence-corrected chi connectivity index (χ3v) is 1.46. The molecule has 1 nitrogen and oxygen atoms in total. The van der Waals surface area contributed by atoms with Gasteiger partial charge in [0, 0.05) is 12.4 Å². The number of hydrogen-bond acceptors (Lipinski definition) is 1. The third kappa shape index (κ3) is 8.98. The highest BCUT2D eigenvalue weighted by atomic mass is 127. The monoisotopic (exact) mass is 277 g/mol. The molecule has 0 radical (unpaired) electrons. The molecule has 0 spiro atoms. The zero-order chi connectivity index (χ0) is 8.41. The Bertz CT molecular complexity index is 48.9. The second-order valence-corrected chi connectivity index (χ2v) is 2.09. The molecule has 0 rings (SSSR count). The van der Waals surface area contributed by atoms with Crippen molar-refractivity contribution in [1.82, 2.24) is 4.90 Å². The van der Waals surface area contributed by atoms with E-state index in [0.29, 0.717) is 0 Å². The molecule has 3 heteroatoms. The Hall–Kier alpha value is 0.980. The summed E-state index contributed by atoms with van der Waals surface area (Å²) < 4.78 is 0. The molecular formula is C7H17ClIN. The molecule has 0 aliphatic carbocycles. The third-order valence-electron chi connectivity index (χ3n) is 1.30. The van der Waals surface area contributed by atoms with Gasteiger partial charge >= 0.3 is 0 Å². The van der Waals surface area contributed by atoms with Crippen LogP contribution >= 0.6 is 34.2 Å². The normalized spacial score (nSPS) is 9.00. The number of alkyl halides is 2. The van der Waals surface area contributed by atoms with Crippen molar-refractivity contribution in [3.05, 3.63) is 0 Å². The van der Waals surface area contributed by atoms with E-state index in [2.05, 4.69) is 41.3 Å². The lowest BCUT2D eigenvalue weighted by Gasteiger charge is -2.14. The standard InChI is InChI=1S/C6H14ClN.CH3I/c1-3-8(4-2)6-5-7;1-2/h3-6H2,1-2H3;1H3. The molecule has 0 aliphatic heterocycles. The summed E-state index contributed by atoms with van der Waals surface area (Å²) in [6.07, 6.45) is 0. The highest BCUT2D eigenvalue weighted by Gasteiger charge is 1.93. The molecule has 0 unspecified atom stereocenters.